The summed E-state index contributed by atoms with van der Waals surface area (Å²) >= 11 is 0. The largest absolute Gasteiger partial charge is 0.387 e. The molecular weight excluding hydrogens is 220 g/mol. The van der Waals surface area contributed by atoms with Crippen LogP contribution in [0.5, 0.6) is 0 Å². The summed E-state index contributed by atoms with van der Waals surface area (Å²) in [5.74, 6) is 0.355. The second-order valence-electron chi connectivity index (χ2n) is 4.29. The lowest BCUT2D eigenvalue weighted by Crippen LogP contribution is -2.38. The third-order valence-corrected chi connectivity index (χ3v) is 3.13. The molecule has 1 atom stereocenters. The van der Waals surface area contributed by atoms with Crippen LogP contribution in [0.25, 0.3) is 0 Å². The molecule has 2 rings (SSSR count). The van der Waals surface area contributed by atoms with E-state index in [1.807, 2.05) is 4.90 Å². The molecule has 6 heteroatoms. The first-order chi connectivity index (χ1) is 8.22. The van der Waals surface area contributed by atoms with Gasteiger partial charge in [-0.05, 0) is 47.3 Å². The maximum absolute atomic E-state index is 10.9. The summed E-state index contributed by atoms with van der Waals surface area (Å²) < 4.78 is 0. The predicted molar refractivity (Wildman–Crippen MR) is 64.9 cm³/mol. The molecular formula is C11H16N4O2. The van der Waals surface area contributed by atoms with Crippen LogP contribution in [0.2, 0.25) is 0 Å². The van der Waals surface area contributed by atoms with Crippen LogP contribution in [0, 0.1) is 16.0 Å². The number of piperidine rings is 1. The number of nitrogens with two attached hydrogens (primary N) is 1. The Morgan fingerprint density at radius 1 is 1.65 bits per heavy atom. The zero-order chi connectivity index (χ0) is 12.3. The Hall–Kier alpha value is -1.69. The molecule has 0 radical (unpaired) electrons. The van der Waals surface area contributed by atoms with E-state index >= 15 is 0 Å². The van der Waals surface area contributed by atoms with Crippen molar-refractivity contribution in [2.24, 2.45) is 11.7 Å². The Kier molecular flexibility index (Phi) is 3.53. The molecule has 0 bridgehead atoms. The van der Waals surface area contributed by atoms with Gasteiger partial charge in [-0.2, -0.15) is 0 Å². The molecule has 0 amide bonds. The van der Waals surface area contributed by atoms with Crippen molar-refractivity contribution in [2.45, 2.75) is 12.8 Å². The van der Waals surface area contributed by atoms with Gasteiger partial charge in [0.05, 0.1) is 0 Å². The van der Waals surface area contributed by atoms with Crippen molar-refractivity contribution in [1.29, 1.82) is 0 Å². The molecule has 1 unspecified atom stereocenters. The van der Waals surface area contributed by atoms with E-state index in [2.05, 4.69) is 4.98 Å². The topological polar surface area (TPSA) is 85.3 Å². The van der Waals surface area contributed by atoms with Gasteiger partial charge in [0, 0.05) is 13.1 Å². The zero-order valence-corrected chi connectivity index (χ0v) is 9.58. The number of hydrogen-bond donors (Lipinski definition) is 1. The van der Waals surface area contributed by atoms with Crippen LogP contribution in [0.3, 0.4) is 0 Å². The Bertz CT molecular complexity index is 410. The summed E-state index contributed by atoms with van der Waals surface area (Å²) in [6, 6.07) is 3.48. The zero-order valence-electron chi connectivity index (χ0n) is 9.58. The predicted octanol–water partition coefficient (Wildman–Crippen LogP) is 1.16. The second-order valence-corrected chi connectivity index (χ2v) is 4.29. The molecule has 6 nitrogen and oxygen atoms in total. The normalized spacial score (nSPS) is 20.3. The van der Waals surface area contributed by atoms with E-state index in [4.69, 9.17) is 5.73 Å². The lowest BCUT2D eigenvalue weighted by atomic mass is 9.98. The molecule has 2 N–H and O–H groups in total. The Balaban J connectivity index is 2.24. The Morgan fingerprint density at radius 3 is 3.18 bits per heavy atom. The molecule has 2 heterocycles. The third-order valence-electron chi connectivity index (χ3n) is 3.13. The second kappa shape index (κ2) is 5.09. The lowest BCUT2D eigenvalue weighted by Gasteiger charge is -2.33. The molecule has 17 heavy (non-hydrogen) atoms. The van der Waals surface area contributed by atoms with E-state index in [0.29, 0.717) is 18.2 Å². The molecule has 0 aromatic carbocycles. The van der Waals surface area contributed by atoms with E-state index in [9.17, 15) is 10.1 Å². The average molecular weight is 236 g/mol. The fraction of sp³-hybridized carbons (Fsp3) is 0.545. The van der Waals surface area contributed by atoms with Crippen LogP contribution in [0.4, 0.5) is 11.5 Å². The van der Waals surface area contributed by atoms with Gasteiger partial charge in [0.1, 0.15) is 11.9 Å². The van der Waals surface area contributed by atoms with Gasteiger partial charge in [0.2, 0.25) is 0 Å². The van der Waals surface area contributed by atoms with Crippen molar-refractivity contribution in [3.05, 3.63) is 28.4 Å². The molecule has 1 aliphatic rings. The molecule has 1 aromatic heterocycles. The van der Waals surface area contributed by atoms with Gasteiger partial charge in [-0.25, -0.2) is 0 Å². The first-order valence-electron chi connectivity index (χ1n) is 5.76. The lowest BCUT2D eigenvalue weighted by molar-refractivity contribution is -0.388. The Morgan fingerprint density at radius 2 is 2.47 bits per heavy atom. The Labute approximate surface area is 99.6 Å². The summed E-state index contributed by atoms with van der Waals surface area (Å²) in [4.78, 5) is 16.3. The molecule has 1 aromatic rings. The van der Waals surface area contributed by atoms with Crippen molar-refractivity contribution < 1.29 is 4.92 Å². The van der Waals surface area contributed by atoms with Gasteiger partial charge in [-0.15, -0.1) is 0 Å². The molecule has 0 saturated carbocycles. The average Bonchev–Trinajstić information content (AvgIpc) is 2.39. The third kappa shape index (κ3) is 2.52. The minimum Gasteiger partial charge on any atom is -0.364 e. The van der Waals surface area contributed by atoms with E-state index in [1.165, 1.54) is 6.20 Å². The smallest absolute Gasteiger partial charge is 0.364 e. The highest BCUT2D eigenvalue weighted by atomic mass is 16.6. The SMILES string of the molecule is NCC1CCCN(c2cccnc2[N+](=O)[O-])C1. The summed E-state index contributed by atoms with van der Waals surface area (Å²) in [5, 5.41) is 10.9. The molecule has 1 saturated heterocycles. The minimum absolute atomic E-state index is 0.0647. The van der Waals surface area contributed by atoms with E-state index in [0.717, 1.165) is 25.9 Å². The maximum Gasteiger partial charge on any atom is 0.387 e. The first kappa shape index (κ1) is 11.8. The number of aromatic nitrogens is 1. The van der Waals surface area contributed by atoms with Crippen molar-refractivity contribution >= 4 is 11.5 Å². The highest BCUT2D eigenvalue weighted by Crippen LogP contribution is 2.29. The molecule has 0 aliphatic carbocycles. The van der Waals surface area contributed by atoms with Gasteiger partial charge in [-0.1, -0.05) is 0 Å². The van der Waals surface area contributed by atoms with E-state index < -0.39 is 4.92 Å². The van der Waals surface area contributed by atoms with Crippen LogP contribution in [-0.4, -0.2) is 29.5 Å². The number of anilines is 1. The summed E-state index contributed by atoms with van der Waals surface area (Å²) in [7, 11) is 0. The van der Waals surface area contributed by atoms with Crippen LogP contribution in [-0.2, 0) is 0 Å². The van der Waals surface area contributed by atoms with Crippen LogP contribution in [0.15, 0.2) is 18.3 Å². The van der Waals surface area contributed by atoms with Crippen molar-refractivity contribution in [3.8, 4) is 0 Å². The van der Waals surface area contributed by atoms with Gasteiger partial charge in [-0.3, -0.25) is 0 Å². The van der Waals surface area contributed by atoms with Gasteiger partial charge < -0.3 is 20.7 Å². The quantitative estimate of drug-likeness (QED) is 0.628. The maximum atomic E-state index is 10.9. The minimum atomic E-state index is -0.429. The molecule has 0 spiro atoms. The highest BCUT2D eigenvalue weighted by molar-refractivity contribution is 5.59. The van der Waals surface area contributed by atoms with Gasteiger partial charge >= 0.3 is 5.82 Å². The summed E-state index contributed by atoms with van der Waals surface area (Å²) in [6.07, 6.45) is 3.57. The summed E-state index contributed by atoms with van der Waals surface area (Å²) in [6.45, 7) is 2.25. The fourth-order valence-corrected chi connectivity index (χ4v) is 2.25. The molecule has 1 aliphatic heterocycles. The number of hydrogen-bond acceptors (Lipinski definition) is 5. The number of nitro groups is 1. The van der Waals surface area contributed by atoms with Crippen LogP contribution in [0.1, 0.15) is 12.8 Å². The van der Waals surface area contributed by atoms with E-state index in [-0.39, 0.29) is 5.82 Å². The molecule has 1 fully saturated rings. The number of pyridine rings is 1. The van der Waals surface area contributed by atoms with Crippen molar-refractivity contribution in [2.75, 3.05) is 24.5 Å². The van der Waals surface area contributed by atoms with Crippen molar-refractivity contribution in [3.63, 3.8) is 0 Å². The first-order valence-corrected chi connectivity index (χ1v) is 5.76. The van der Waals surface area contributed by atoms with Crippen molar-refractivity contribution in [1.82, 2.24) is 4.98 Å². The monoisotopic (exact) mass is 236 g/mol. The highest BCUT2D eigenvalue weighted by Gasteiger charge is 2.25. The van der Waals surface area contributed by atoms with Crippen LogP contribution >= 0.6 is 0 Å². The van der Waals surface area contributed by atoms with Crippen LogP contribution < -0.4 is 10.6 Å². The molecule has 92 valence electrons. The van der Waals surface area contributed by atoms with Gasteiger partial charge in [0.15, 0.2) is 0 Å². The van der Waals surface area contributed by atoms with Gasteiger partial charge in [0.25, 0.3) is 0 Å². The van der Waals surface area contributed by atoms with E-state index in [1.54, 1.807) is 12.1 Å². The summed E-state index contributed by atoms with van der Waals surface area (Å²) in [5.41, 5.74) is 6.27. The number of nitrogens with zero attached hydrogens (tertiary/aromatic N) is 3. The standard InChI is InChI=1S/C11H16N4O2/c12-7-9-3-2-6-14(8-9)10-4-1-5-13-11(10)15(16)17/h1,4-5,9H,2-3,6-8,12H2. The fourth-order valence-electron chi connectivity index (χ4n) is 2.25. The number of rotatable bonds is 3.